The minimum absolute atomic E-state index is 0.186. The highest BCUT2D eigenvalue weighted by Gasteiger charge is 2.24. The van der Waals surface area contributed by atoms with Crippen LogP contribution in [0.15, 0.2) is 66.7 Å². The summed E-state index contributed by atoms with van der Waals surface area (Å²) in [7, 11) is 8.06. The number of aromatic carboxylic acids is 1. The summed E-state index contributed by atoms with van der Waals surface area (Å²) in [4.78, 5) is 18.7. The van der Waals surface area contributed by atoms with Crippen LogP contribution in [0.4, 0.5) is 17.1 Å². The smallest absolute Gasteiger partial charge is 0.336 e. The van der Waals surface area contributed by atoms with E-state index in [4.69, 9.17) is 0 Å². The van der Waals surface area contributed by atoms with Crippen molar-refractivity contribution in [3.63, 3.8) is 0 Å². The van der Waals surface area contributed by atoms with Crippen LogP contribution < -0.4 is 14.7 Å². The lowest BCUT2D eigenvalue weighted by atomic mass is 9.82. The van der Waals surface area contributed by atoms with Crippen LogP contribution in [0.25, 0.3) is 0 Å². The molecule has 5 heteroatoms. The van der Waals surface area contributed by atoms with E-state index in [0.29, 0.717) is 5.56 Å². The normalized spacial score (nSPS) is 10.9. The van der Waals surface area contributed by atoms with Gasteiger partial charge in [0.2, 0.25) is 0 Å². The highest BCUT2D eigenvalue weighted by molar-refractivity contribution is 5.91. The van der Waals surface area contributed by atoms with Crippen LogP contribution in [0.3, 0.4) is 0 Å². The molecule has 0 saturated carbocycles. The zero-order valence-corrected chi connectivity index (χ0v) is 20.5. The molecular formula is C28H35N3O2. The lowest BCUT2D eigenvalue weighted by molar-refractivity contribution is 0.0695. The topological polar surface area (TPSA) is 47.0 Å². The largest absolute Gasteiger partial charge is 0.478 e. The van der Waals surface area contributed by atoms with E-state index in [2.05, 4.69) is 77.1 Å². The number of hydrogen-bond donors (Lipinski definition) is 1. The summed E-state index contributed by atoms with van der Waals surface area (Å²) in [5, 5.41) is 10.2. The number of anilines is 3. The van der Waals surface area contributed by atoms with Crippen LogP contribution in [0.5, 0.6) is 0 Å². The molecular weight excluding hydrogens is 410 g/mol. The number of hydrogen-bond acceptors (Lipinski definition) is 4. The predicted molar refractivity (Wildman–Crippen MR) is 139 cm³/mol. The summed E-state index contributed by atoms with van der Waals surface area (Å²) in [5.74, 6) is -1.09. The van der Waals surface area contributed by atoms with Crippen LogP contribution in [-0.2, 0) is 0 Å². The fraction of sp³-hybridized carbons (Fsp3) is 0.321. The first-order valence-electron chi connectivity index (χ1n) is 11.4. The Labute approximate surface area is 197 Å². The van der Waals surface area contributed by atoms with Gasteiger partial charge in [-0.25, -0.2) is 4.79 Å². The molecule has 0 spiro atoms. The van der Waals surface area contributed by atoms with Gasteiger partial charge in [0.1, 0.15) is 0 Å². The molecule has 3 aromatic rings. The fourth-order valence-electron chi connectivity index (χ4n) is 4.25. The minimum atomic E-state index is -0.904. The van der Waals surface area contributed by atoms with E-state index in [0.717, 1.165) is 46.8 Å². The molecule has 0 aromatic heterocycles. The SMILES string of the molecule is CCN(CC)c1ccc(C(c2ccc(N(C)C)cc2)c2ccc(N(C)C)cc2)c(C(=O)O)c1. The Balaban J connectivity index is 2.19. The van der Waals surface area contributed by atoms with Crippen LogP contribution in [-0.4, -0.2) is 52.4 Å². The molecule has 0 aliphatic carbocycles. The van der Waals surface area contributed by atoms with Crippen molar-refractivity contribution in [3.05, 3.63) is 89.0 Å². The van der Waals surface area contributed by atoms with E-state index < -0.39 is 5.97 Å². The van der Waals surface area contributed by atoms with Gasteiger partial charge in [-0.05, 0) is 66.9 Å². The minimum Gasteiger partial charge on any atom is -0.478 e. The van der Waals surface area contributed by atoms with E-state index in [1.807, 2.05) is 46.4 Å². The molecule has 3 rings (SSSR count). The molecule has 0 bridgehead atoms. The van der Waals surface area contributed by atoms with Gasteiger partial charge in [0.15, 0.2) is 0 Å². The molecule has 1 N–H and O–H groups in total. The highest BCUT2D eigenvalue weighted by atomic mass is 16.4. The van der Waals surface area contributed by atoms with Crippen molar-refractivity contribution in [2.24, 2.45) is 0 Å². The summed E-state index contributed by atoms with van der Waals surface area (Å²) in [5.41, 5.74) is 6.43. The predicted octanol–water partition coefficient (Wildman–Crippen LogP) is 5.54. The molecule has 174 valence electrons. The molecule has 0 amide bonds. The maximum atomic E-state index is 12.4. The second-order valence-corrected chi connectivity index (χ2v) is 8.65. The van der Waals surface area contributed by atoms with E-state index in [9.17, 15) is 9.90 Å². The summed E-state index contributed by atoms with van der Waals surface area (Å²) in [6.45, 7) is 5.82. The second kappa shape index (κ2) is 10.4. The first-order chi connectivity index (χ1) is 15.8. The van der Waals surface area contributed by atoms with Crippen molar-refractivity contribution >= 4 is 23.0 Å². The summed E-state index contributed by atoms with van der Waals surface area (Å²) >= 11 is 0. The van der Waals surface area contributed by atoms with Crippen LogP contribution >= 0.6 is 0 Å². The number of rotatable bonds is 9. The Morgan fingerprint density at radius 2 is 1.15 bits per heavy atom. The van der Waals surface area contributed by atoms with Crippen molar-refractivity contribution in [2.75, 3.05) is 56.0 Å². The van der Waals surface area contributed by atoms with Crippen molar-refractivity contribution < 1.29 is 9.90 Å². The van der Waals surface area contributed by atoms with Gasteiger partial charge in [-0.2, -0.15) is 0 Å². The Hall–Kier alpha value is -3.47. The number of carboxylic acids is 1. The number of carboxylic acid groups (broad SMARTS) is 1. The number of nitrogens with zero attached hydrogens (tertiary/aromatic N) is 3. The van der Waals surface area contributed by atoms with Gasteiger partial charge < -0.3 is 19.8 Å². The second-order valence-electron chi connectivity index (χ2n) is 8.65. The average Bonchev–Trinajstić information content (AvgIpc) is 2.81. The molecule has 0 unspecified atom stereocenters. The molecule has 3 aromatic carbocycles. The number of benzene rings is 3. The van der Waals surface area contributed by atoms with Gasteiger partial charge in [0.25, 0.3) is 0 Å². The van der Waals surface area contributed by atoms with E-state index >= 15 is 0 Å². The quantitative estimate of drug-likeness (QED) is 0.438. The standard InChI is InChI=1S/C28H35N3O2/c1-7-31(8-2)24-17-18-25(26(19-24)28(32)33)27(20-9-13-22(14-10-20)29(3)4)21-11-15-23(16-12-21)30(5)6/h9-19,27H,7-8H2,1-6H3,(H,32,33). The first-order valence-corrected chi connectivity index (χ1v) is 11.4. The molecule has 0 aliphatic rings. The van der Waals surface area contributed by atoms with Crippen molar-refractivity contribution in [2.45, 2.75) is 19.8 Å². The van der Waals surface area contributed by atoms with E-state index in [-0.39, 0.29) is 5.92 Å². The van der Waals surface area contributed by atoms with Crippen LogP contribution in [0.2, 0.25) is 0 Å². The molecule has 0 saturated heterocycles. The Bertz CT molecular complexity index is 1020. The molecule has 33 heavy (non-hydrogen) atoms. The average molecular weight is 446 g/mol. The van der Waals surface area contributed by atoms with Gasteiger partial charge in [-0.3, -0.25) is 0 Å². The van der Waals surface area contributed by atoms with Crippen LogP contribution in [0.1, 0.15) is 46.8 Å². The van der Waals surface area contributed by atoms with E-state index in [1.165, 1.54) is 0 Å². The summed E-state index contributed by atoms with van der Waals surface area (Å²) in [6, 6.07) is 22.6. The van der Waals surface area contributed by atoms with Crippen molar-refractivity contribution in [3.8, 4) is 0 Å². The van der Waals surface area contributed by atoms with Gasteiger partial charge >= 0.3 is 5.97 Å². The molecule has 0 aliphatic heterocycles. The van der Waals surface area contributed by atoms with Crippen molar-refractivity contribution in [1.82, 2.24) is 0 Å². The number of carbonyl (C=O) groups is 1. The summed E-state index contributed by atoms with van der Waals surface area (Å²) < 4.78 is 0. The lowest BCUT2D eigenvalue weighted by Gasteiger charge is -2.26. The molecule has 0 fully saturated rings. The third-order valence-electron chi connectivity index (χ3n) is 6.19. The lowest BCUT2D eigenvalue weighted by Crippen LogP contribution is -2.22. The van der Waals surface area contributed by atoms with Gasteiger partial charge in [-0.1, -0.05) is 30.3 Å². The van der Waals surface area contributed by atoms with E-state index in [1.54, 1.807) is 0 Å². The molecule has 0 heterocycles. The monoisotopic (exact) mass is 445 g/mol. The Morgan fingerprint density at radius 3 is 1.52 bits per heavy atom. The third-order valence-corrected chi connectivity index (χ3v) is 6.19. The maximum absolute atomic E-state index is 12.4. The van der Waals surface area contributed by atoms with Gasteiger partial charge in [0.05, 0.1) is 5.56 Å². The summed E-state index contributed by atoms with van der Waals surface area (Å²) in [6.07, 6.45) is 0. The molecule has 0 atom stereocenters. The molecule has 0 radical (unpaired) electrons. The Kier molecular flexibility index (Phi) is 7.64. The zero-order chi connectivity index (χ0) is 24.1. The van der Waals surface area contributed by atoms with Gasteiger partial charge in [-0.15, -0.1) is 0 Å². The zero-order valence-electron chi connectivity index (χ0n) is 20.5. The first kappa shape index (κ1) is 24.2. The Morgan fingerprint density at radius 1 is 0.727 bits per heavy atom. The van der Waals surface area contributed by atoms with Crippen molar-refractivity contribution in [1.29, 1.82) is 0 Å². The fourth-order valence-corrected chi connectivity index (χ4v) is 4.25. The molecule has 5 nitrogen and oxygen atoms in total. The maximum Gasteiger partial charge on any atom is 0.336 e. The van der Waals surface area contributed by atoms with Gasteiger partial charge in [0, 0.05) is 64.3 Å². The highest BCUT2D eigenvalue weighted by Crippen LogP contribution is 2.37. The van der Waals surface area contributed by atoms with Crippen LogP contribution in [0, 0.1) is 0 Å². The third kappa shape index (κ3) is 5.30.